The van der Waals surface area contributed by atoms with Crippen molar-refractivity contribution in [1.82, 2.24) is 0 Å². The van der Waals surface area contributed by atoms with E-state index in [1.807, 2.05) is 0 Å². The third-order valence-corrected chi connectivity index (χ3v) is 2.95. The number of carboxylic acids is 1. The summed E-state index contributed by atoms with van der Waals surface area (Å²) in [6.45, 7) is 3.25. The minimum Gasteiger partial charge on any atom is -0.478 e. The minimum absolute atomic E-state index is 0.0368. The van der Waals surface area contributed by atoms with Crippen molar-refractivity contribution >= 4 is 17.3 Å². The first-order chi connectivity index (χ1) is 9.40. The number of hydrogen-bond donors (Lipinski definition) is 2. The Labute approximate surface area is 114 Å². The summed E-state index contributed by atoms with van der Waals surface area (Å²) in [5, 5.41) is 11.7. The molecule has 20 heavy (non-hydrogen) atoms. The van der Waals surface area contributed by atoms with Gasteiger partial charge in [-0.3, -0.25) is 0 Å². The van der Waals surface area contributed by atoms with Crippen LogP contribution >= 0.6 is 0 Å². The zero-order chi connectivity index (χ0) is 14.9. The second kappa shape index (κ2) is 5.28. The fraction of sp³-hybridized carbons (Fsp3) is 0.133. The lowest BCUT2D eigenvalue weighted by atomic mass is 10.1. The van der Waals surface area contributed by atoms with Crippen LogP contribution in [0.5, 0.6) is 0 Å². The van der Waals surface area contributed by atoms with Crippen LogP contribution in [0, 0.1) is 25.5 Å². The Hall–Kier alpha value is -2.43. The molecule has 5 heteroatoms. The normalized spacial score (nSPS) is 10.4. The van der Waals surface area contributed by atoms with Gasteiger partial charge >= 0.3 is 5.97 Å². The maximum Gasteiger partial charge on any atom is 0.337 e. The van der Waals surface area contributed by atoms with E-state index in [-0.39, 0.29) is 22.5 Å². The number of aryl methyl sites for hydroxylation is 2. The van der Waals surface area contributed by atoms with Crippen LogP contribution < -0.4 is 5.32 Å². The van der Waals surface area contributed by atoms with Gasteiger partial charge in [-0.1, -0.05) is 17.7 Å². The standard InChI is InChI=1S/C15H13F2NO2/c1-8-3-6-12(10(7-8)15(19)20)18-14-11(16)5-4-9(2)13(14)17/h3-7,18H,1-2H3,(H,19,20). The highest BCUT2D eigenvalue weighted by atomic mass is 19.1. The van der Waals surface area contributed by atoms with E-state index in [1.165, 1.54) is 25.1 Å². The number of hydrogen-bond acceptors (Lipinski definition) is 2. The Kier molecular flexibility index (Phi) is 3.70. The van der Waals surface area contributed by atoms with Gasteiger partial charge in [0.1, 0.15) is 11.5 Å². The molecule has 2 N–H and O–H groups in total. The van der Waals surface area contributed by atoms with Gasteiger partial charge < -0.3 is 10.4 Å². The predicted molar refractivity (Wildman–Crippen MR) is 72.5 cm³/mol. The van der Waals surface area contributed by atoms with Crippen LogP contribution in [0.15, 0.2) is 30.3 Å². The molecule has 0 saturated carbocycles. The van der Waals surface area contributed by atoms with Gasteiger partial charge in [0.2, 0.25) is 0 Å². The molecule has 0 unspecified atom stereocenters. The smallest absolute Gasteiger partial charge is 0.337 e. The summed E-state index contributed by atoms with van der Waals surface area (Å²) in [4.78, 5) is 11.2. The van der Waals surface area contributed by atoms with Gasteiger partial charge in [0.05, 0.1) is 11.3 Å². The second-order valence-corrected chi connectivity index (χ2v) is 4.53. The van der Waals surface area contributed by atoms with Crippen LogP contribution in [0.1, 0.15) is 21.5 Å². The fourth-order valence-electron chi connectivity index (χ4n) is 1.85. The van der Waals surface area contributed by atoms with Crippen molar-refractivity contribution in [1.29, 1.82) is 0 Å². The minimum atomic E-state index is -1.16. The monoisotopic (exact) mass is 277 g/mol. The van der Waals surface area contributed by atoms with E-state index < -0.39 is 17.6 Å². The first-order valence-corrected chi connectivity index (χ1v) is 5.95. The van der Waals surface area contributed by atoms with E-state index in [2.05, 4.69) is 5.32 Å². The molecule has 0 aliphatic heterocycles. The van der Waals surface area contributed by atoms with E-state index in [9.17, 15) is 13.6 Å². The number of nitrogens with one attached hydrogen (secondary N) is 1. The van der Waals surface area contributed by atoms with E-state index in [0.717, 1.165) is 11.6 Å². The summed E-state index contributed by atoms with van der Waals surface area (Å²) < 4.78 is 27.6. The van der Waals surface area contributed by atoms with E-state index >= 15 is 0 Å². The largest absolute Gasteiger partial charge is 0.478 e. The van der Waals surface area contributed by atoms with Crippen molar-refractivity contribution in [2.75, 3.05) is 5.32 Å². The molecule has 0 spiro atoms. The molecule has 0 aliphatic carbocycles. The lowest BCUT2D eigenvalue weighted by molar-refractivity contribution is 0.0698. The molecular formula is C15H13F2NO2. The van der Waals surface area contributed by atoms with Gasteiger partial charge in [-0.05, 0) is 37.6 Å². The Balaban J connectivity index is 2.51. The molecular weight excluding hydrogens is 264 g/mol. The molecule has 2 aromatic carbocycles. The fourth-order valence-corrected chi connectivity index (χ4v) is 1.85. The number of benzene rings is 2. The number of carboxylic acid groups (broad SMARTS) is 1. The molecule has 0 atom stereocenters. The second-order valence-electron chi connectivity index (χ2n) is 4.53. The Morgan fingerprint density at radius 3 is 2.50 bits per heavy atom. The van der Waals surface area contributed by atoms with Crippen molar-refractivity contribution in [2.24, 2.45) is 0 Å². The van der Waals surface area contributed by atoms with Crippen molar-refractivity contribution in [3.05, 3.63) is 58.7 Å². The van der Waals surface area contributed by atoms with Gasteiger partial charge in [0.15, 0.2) is 5.82 Å². The first-order valence-electron chi connectivity index (χ1n) is 5.95. The van der Waals surface area contributed by atoms with Crippen LogP contribution in [0.25, 0.3) is 0 Å². The molecule has 0 heterocycles. The van der Waals surface area contributed by atoms with Crippen LogP contribution in [-0.4, -0.2) is 11.1 Å². The van der Waals surface area contributed by atoms with Crippen LogP contribution in [0.2, 0.25) is 0 Å². The van der Waals surface area contributed by atoms with Crippen LogP contribution in [0.4, 0.5) is 20.2 Å². The summed E-state index contributed by atoms with van der Waals surface area (Å²) in [6, 6.07) is 7.05. The maximum absolute atomic E-state index is 13.9. The molecule has 0 radical (unpaired) electrons. The third kappa shape index (κ3) is 2.61. The quantitative estimate of drug-likeness (QED) is 0.890. The summed E-state index contributed by atoms with van der Waals surface area (Å²) >= 11 is 0. The Morgan fingerprint density at radius 1 is 1.15 bits per heavy atom. The summed E-state index contributed by atoms with van der Waals surface area (Å²) in [5.74, 6) is -2.67. The highest BCUT2D eigenvalue weighted by Crippen LogP contribution is 2.28. The summed E-state index contributed by atoms with van der Waals surface area (Å²) in [6.07, 6.45) is 0. The average molecular weight is 277 g/mol. The van der Waals surface area contributed by atoms with Gasteiger partial charge in [-0.2, -0.15) is 0 Å². The number of halogens is 2. The molecule has 0 aromatic heterocycles. The number of aromatic carboxylic acids is 1. The Morgan fingerprint density at radius 2 is 1.85 bits per heavy atom. The molecule has 0 bridgehead atoms. The van der Waals surface area contributed by atoms with Gasteiger partial charge in [0, 0.05) is 0 Å². The van der Waals surface area contributed by atoms with Crippen LogP contribution in [0.3, 0.4) is 0 Å². The SMILES string of the molecule is Cc1ccc(Nc2c(F)ccc(C)c2F)c(C(=O)O)c1. The molecule has 2 aromatic rings. The van der Waals surface area contributed by atoms with Gasteiger partial charge in [0.25, 0.3) is 0 Å². The highest BCUT2D eigenvalue weighted by molar-refractivity contribution is 5.95. The molecule has 0 aliphatic rings. The van der Waals surface area contributed by atoms with Crippen molar-refractivity contribution < 1.29 is 18.7 Å². The number of anilines is 2. The average Bonchev–Trinajstić information content (AvgIpc) is 2.40. The first kappa shape index (κ1) is 14.0. The topological polar surface area (TPSA) is 49.3 Å². The summed E-state index contributed by atoms with van der Waals surface area (Å²) in [7, 11) is 0. The summed E-state index contributed by atoms with van der Waals surface area (Å²) in [5.41, 5.74) is 0.782. The van der Waals surface area contributed by atoms with Crippen LogP contribution in [-0.2, 0) is 0 Å². The molecule has 0 fully saturated rings. The molecule has 0 amide bonds. The molecule has 3 nitrogen and oxygen atoms in total. The number of rotatable bonds is 3. The van der Waals surface area contributed by atoms with E-state index in [0.29, 0.717) is 0 Å². The van der Waals surface area contributed by atoms with Crippen molar-refractivity contribution in [3.8, 4) is 0 Å². The lowest BCUT2D eigenvalue weighted by Crippen LogP contribution is -2.06. The predicted octanol–water partition coefficient (Wildman–Crippen LogP) is 4.02. The van der Waals surface area contributed by atoms with Gasteiger partial charge in [-0.25, -0.2) is 13.6 Å². The zero-order valence-electron chi connectivity index (χ0n) is 11.0. The lowest BCUT2D eigenvalue weighted by Gasteiger charge is -2.13. The zero-order valence-corrected chi connectivity index (χ0v) is 11.0. The van der Waals surface area contributed by atoms with Crippen molar-refractivity contribution in [2.45, 2.75) is 13.8 Å². The molecule has 2 rings (SSSR count). The molecule has 0 saturated heterocycles. The van der Waals surface area contributed by atoms with Gasteiger partial charge in [-0.15, -0.1) is 0 Å². The number of carbonyl (C=O) groups is 1. The third-order valence-electron chi connectivity index (χ3n) is 2.95. The molecule has 104 valence electrons. The maximum atomic E-state index is 13.9. The highest BCUT2D eigenvalue weighted by Gasteiger charge is 2.15. The van der Waals surface area contributed by atoms with E-state index in [1.54, 1.807) is 13.0 Å². The Bertz CT molecular complexity index is 684. The van der Waals surface area contributed by atoms with E-state index in [4.69, 9.17) is 5.11 Å². The van der Waals surface area contributed by atoms with Crippen molar-refractivity contribution in [3.63, 3.8) is 0 Å².